The lowest BCUT2D eigenvalue weighted by Crippen LogP contribution is -2.45. The third-order valence-electron chi connectivity index (χ3n) is 9.37. The highest BCUT2D eigenvalue weighted by Crippen LogP contribution is 2.27. The van der Waals surface area contributed by atoms with Crippen LogP contribution < -0.4 is 10.1 Å². The van der Waals surface area contributed by atoms with E-state index in [1.165, 1.54) is 0 Å². The molecule has 3 aromatic carbocycles. The molecule has 10 nitrogen and oxygen atoms in total. The van der Waals surface area contributed by atoms with Crippen molar-refractivity contribution in [3.63, 3.8) is 0 Å². The number of nitrogens with one attached hydrogen (secondary N) is 1. The molecule has 1 unspecified atom stereocenters. The fraction of sp³-hybridized carbons (Fsp3) is 0.436. The molecule has 0 saturated carbocycles. The van der Waals surface area contributed by atoms with Crippen LogP contribution in [0.2, 0.25) is 0 Å². The van der Waals surface area contributed by atoms with E-state index in [9.17, 15) is 19.2 Å². The maximum Gasteiger partial charge on any atom is 0.408 e. The second-order valence-corrected chi connectivity index (χ2v) is 13.1. The van der Waals surface area contributed by atoms with Crippen LogP contribution in [-0.2, 0) is 25.7 Å². The summed E-state index contributed by atoms with van der Waals surface area (Å²) < 4.78 is 17.3. The predicted octanol–water partition coefficient (Wildman–Crippen LogP) is 6.04. The summed E-state index contributed by atoms with van der Waals surface area (Å²) >= 11 is 0. The summed E-state index contributed by atoms with van der Waals surface area (Å²) in [6, 6.07) is 24.4. The smallest absolute Gasteiger partial charge is 0.408 e. The Hall–Kier alpha value is -4.70. The van der Waals surface area contributed by atoms with Crippen LogP contribution in [0.15, 0.2) is 78.9 Å². The van der Waals surface area contributed by atoms with Crippen molar-refractivity contribution >= 4 is 24.3 Å². The van der Waals surface area contributed by atoms with Crippen LogP contribution >= 0.6 is 0 Å². The van der Waals surface area contributed by atoms with Gasteiger partial charge in [0.25, 0.3) is 5.91 Å². The topological polar surface area (TPSA) is 114 Å². The van der Waals surface area contributed by atoms with Crippen LogP contribution in [0.25, 0.3) is 0 Å². The van der Waals surface area contributed by atoms with Crippen molar-refractivity contribution in [2.45, 2.75) is 57.8 Å². The van der Waals surface area contributed by atoms with E-state index in [1.54, 1.807) is 17.0 Å². The van der Waals surface area contributed by atoms with Crippen molar-refractivity contribution in [2.75, 3.05) is 39.8 Å². The van der Waals surface area contributed by atoms with E-state index in [4.69, 9.17) is 14.2 Å². The molecule has 2 amide bonds. The molecule has 0 radical (unpaired) electrons. The van der Waals surface area contributed by atoms with Gasteiger partial charge in [-0.05, 0) is 86.1 Å². The molecule has 2 heterocycles. The van der Waals surface area contributed by atoms with Crippen LogP contribution in [0.4, 0.5) is 4.79 Å². The quantitative estimate of drug-likeness (QED) is 0.133. The number of ether oxygens (including phenoxy) is 3. The van der Waals surface area contributed by atoms with Crippen molar-refractivity contribution in [1.29, 1.82) is 0 Å². The Labute approximate surface area is 290 Å². The number of alkyl carbamates (subject to hydrolysis) is 1. The summed E-state index contributed by atoms with van der Waals surface area (Å²) in [5.41, 5.74) is 3.29. The Kier molecular flexibility index (Phi) is 12.8. The normalized spacial score (nSPS) is 19.0. The van der Waals surface area contributed by atoms with Gasteiger partial charge < -0.3 is 34.1 Å². The van der Waals surface area contributed by atoms with Crippen molar-refractivity contribution in [1.82, 2.24) is 15.1 Å². The van der Waals surface area contributed by atoms with Crippen molar-refractivity contribution in [3.05, 3.63) is 101 Å². The van der Waals surface area contributed by atoms with E-state index in [0.29, 0.717) is 69.2 Å². The summed E-state index contributed by atoms with van der Waals surface area (Å²) in [7, 11) is 2.04. The minimum Gasteiger partial charge on any atom is -0.489 e. The number of carbonyl (C=O) groups excluding carboxylic acids is 4. The van der Waals surface area contributed by atoms with Gasteiger partial charge >= 0.3 is 12.1 Å². The molecule has 2 fully saturated rings. The van der Waals surface area contributed by atoms with Crippen LogP contribution in [0.1, 0.15) is 73.5 Å². The molecule has 0 spiro atoms. The number of piperidine rings is 2. The number of hydrogen-bond acceptors (Lipinski definition) is 8. The summed E-state index contributed by atoms with van der Waals surface area (Å²) in [6.07, 6.45) is 3.21. The molecular weight excluding hydrogens is 622 g/mol. The molecule has 3 atom stereocenters. The number of benzene rings is 3. The van der Waals surface area contributed by atoms with Gasteiger partial charge in [-0.15, -0.1) is 0 Å². The highest BCUT2D eigenvalue weighted by molar-refractivity contribution is 5.94. The van der Waals surface area contributed by atoms with Gasteiger partial charge in [-0.1, -0.05) is 61.5 Å². The monoisotopic (exact) mass is 671 g/mol. The van der Waals surface area contributed by atoms with E-state index in [2.05, 4.69) is 17.1 Å². The second kappa shape index (κ2) is 17.6. The highest BCUT2D eigenvalue weighted by atomic mass is 16.6. The summed E-state index contributed by atoms with van der Waals surface area (Å²) in [6.45, 7) is 5.36. The zero-order valence-electron chi connectivity index (χ0n) is 28.4. The molecule has 49 heavy (non-hydrogen) atoms. The minimum atomic E-state index is -0.448. The summed E-state index contributed by atoms with van der Waals surface area (Å²) in [4.78, 5) is 53.0. The molecule has 2 saturated heterocycles. The molecule has 2 aliphatic heterocycles. The summed E-state index contributed by atoms with van der Waals surface area (Å²) in [5.74, 6) is 0.406. The first-order chi connectivity index (χ1) is 23.8. The first-order valence-electron chi connectivity index (χ1n) is 17.2. The van der Waals surface area contributed by atoms with Gasteiger partial charge in [-0.3, -0.25) is 9.59 Å². The lowest BCUT2D eigenvalue weighted by Gasteiger charge is -2.34. The van der Waals surface area contributed by atoms with Crippen LogP contribution in [-0.4, -0.2) is 80.0 Å². The maximum absolute atomic E-state index is 13.2. The van der Waals surface area contributed by atoms with E-state index in [1.807, 2.05) is 73.8 Å². The average Bonchev–Trinajstić information content (AvgIpc) is 3.13. The Morgan fingerprint density at radius 3 is 2.41 bits per heavy atom. The number of hydrogen-bond donors (Lipinski definition) is 1. The molecule has 0 aromatic heterocycles. The number of nitrogens with zero attached hydrogens (tertiary/aromatic N) is 2. The molecule has 5 rings (SSSR count). The molecule has 0 aliphatic carbocycles. The molecule has 1 N–H and O–H groups in total. The minimum absolute atomic E-state index is 0. The third-order valence-corrected chi connectivity index (χ3v) is 9.37. The molecule has 0 bridgehead atoms. The van der Waals surface area contributed by atoms with Gasteiger partial charge in [0.2, 0.25) is 0 Å². The Bertz CT molecular complexity index is 1550. The van der Waals surface area contributed by atoms with Crippen LogP contribution in [0.3, 0.4) is 0 Å². The number of rotatable bonds is 13. The standard InChI is InChI=1S/C39H47N3O7.H2/c1-28-17-20-41(2)26-35(28)49-39(46)40-36(30-9-4-3-5-10-30)33-11-8-12-34(25-33)48-27-29-13-15-31(16-14-29)37(44)42-21-18-32(19-22-42)38(45)47-24-7-6-23-43;/h3-5,8-16,23,25,28,32,35-36H,6-7,17-22,24,26-27H2,1-2H3,(H,40,46);1H/t28?,35-,36-;/m0./s1. The SMILES string of the molecule is CC1CCN(C)C[C@@H]1OC(=O)N[C@@H](c1ccccc1)c1cccc(OCc2ccc(C(=O)N3CCC(C(=O)OCCCC=O)CC3)cc2)c1.[HH]. The fourth-order valence-electron chi connectivity index (χ4n) is 6.29. The van der Waals surface area contributed by atoms with E-state index in [0.717, 1.165) is 35.9 Å². The first-order valence-corrected chi connectivity index (χ1v) is 17.2. The van der Waals surface area contributed by atoms with E-state index in [-0.39, 0.29) is 31.9 Å². The number of unbranched alkanes of at least 4 members (excludes halogenated alkanes) is 1. The Morgan fingerprint density at radius 1 is 0.939 bits per heavy atom. The lowest BCUT2D eigenvalue weighted by atomic mass is 9.96. The average molecular weight is 672 g/mol. The largest absolute Gasteiger partial charge is 0.489 e. The predicted molar refractivity (Wildman–Crippen MR) is 187 cm³/mol. The van der Waals surface area contributed by atoms with E-state index < -0.39 is 12.1 Å². The van der Waals surface area contributed by atoms with Gasteiger partial charge in [-0.25, -0.2) is 4.79 Å². The number of aldehydes is 1. The molecule has 10 heteroatoms. The Balaban J connectivity index is 0.00000562. The van der Waals surface area contributed by atoms with E-state index >= 15 is 0 Å². The fourth-order valence-corrected chi connectivity index (χ4v) is 6.29. The molecule has 262 valence electrons. The highest BCUT2D eigenvalue weighted by Gasteiger charge is 2.30. The summed E-state index contributed by atoms with van der Waals surface area (Å²) in [5, 5.41) is 3.09. The van der Waals surface area contributed by atoms with Crippen LogP contribution in [0.5, 0.6) is 5.75 Å². The van der Waals surface area contributed by atoms with Gasteiger partial charge in [0.1, 0.15) is 24.7 Å². The van der Waals surface area contributed by atoms with Gasteiger partial charge in [0.05, 0.1) is 18.6 Å². The third kappa shape index (κ3) is 10.2. The van der Waals surface area contributed by atoms with Gasteiger partial charge in [0, 0.05) is 33.0 Å². The molecule has 2 aliphatic rings. The number of likely N-dealkylation sites (N-methyl/N-ethyl adjacent to an activating group) is 1. The van der Waals surface area contributed by atoms with Crippen molar-refractivity contribution in [2.24, 2.45) is 11.8 Å². The number of carbonyl (C=O) groups is 4. The maximum atomic E-state index is 13.2. The van der Waals surface area contributed by atoms with Crippen molar-refractivity contribution < 1.29 is 34.8 Å². The van der Waals surface area contributed by atoms with Crippen molar-refractivity contribution in [3.8, 4) is 5.75 Å². The first kappa shape index (κ1) is 35.6. The number of esters is 1. The second-order valence-electron chi connectivity index (χ2n) is 13.1. The zero-order valence-corrected chi connectivity index (χ0v) is 28.4. The van der Waals surface area contributed by atoms with Gasteiger partial charge in [0.15, 0.2) is 0 Å². The van der Waals surface area contributed by atoms with Gasteiger partial charge in [-0.2, -0.15) is 0 Å². The number of amides is 2. The number of likely N-dealkylation sites (tertiary alicyclic amines) is 2. The molecular formula is C39H49N3O7. The zero-order chi connectivity index (χ0) is 34.6. The lowest BCUT2D eigenvalue weighted by molar-refractivity contribution is -0.150. The van der Waals surface area contributed by atoms with Crippen LogP contribution in [0, 0.1) is 11.8 Å². The molecule has 3 aromatic rings. The Morgan fingerprint density at radius 2 is 1.67 bits per heavy atom.